The van der Waals surface area contributed by atoms with Crippen molar-refractivity contribution in [2.45, 2.75) is 39.8 Å². The predicted molar refractivity (Wildman–Crippen MR) is 86.5 cm³/mol. The molecule has 1 aromatic carbocycles. The summed E-state index contributed by atoms with van der Waals surface area (Å²) in [4.78, 5) is 6.68. The van der Waals surface area contributed by atoms with Gasteiger partial charge in [0.1, 0.15) is 23.6 Å². The highest BCUT2D eigenvalue weighted by atomic mass is 32.1. The molecule has 0 spiro atoms. The maximum atomic E-state index is 6.11. The van der Waals surface area contributed by atoms with Crippen LogP contribution in [0.3, 0.4) is 0 Å². The largest absolute Gasteiger partial charge is 0.490 e. The lowest BCUT2D eigenvalue weighted by molar-refractivity contribution is 0.142. The maximum Gasteiger partial charge on any atom is 0.144 e. The third-order valence-corrected chi connectivity index (χ3v) is 4.23. The van der Waals surface area contributed by atoms with E-state index >= 15 is 0 Å². The zero-order chi connectivity index (χ0) is 14.7. The minimum atomic E-state index is 0.511. The number of fused-ring (bicyclic) bond motifs is 1. The monoisotopic (exact) mass is 293 g/mol. The third-order valence-electron chi connectivity index (χ3n) is 3.44. The van der Waals surface area contributed by atoms with E-state index in [0.29, 0.717) is 24.4 Å². The number of nitrogens with two attached hydrogens (primary N) is 1. The zero-order valence-electron chi connectivity index (χ0n) is 12.6. The van der Waals surface area contributed by atoms with Crippen LogP contribution in [0.5, 0.6) is 5.75 Å². The molecule has 0 bridgehead atoms. The Hall–Kier alpha value is -1.33. The van der Waals surface area contributed by atoms with Crippen LogP contribution in [0.2, 0.25) is 0 Å². The molecule has 0 unspecified atom stereocenters. The maximum absolute atomic E-state index is 6.11. The molecule has 2 N–H and O–H groups in total. The number of thiazole rings is 1. The van der Waals surface area contributed by atoms with Crippen molar-refractivity contribution >= 4 is 27.2 Å². The number of anilines is 1. The first-order valence-electron chi connectivity index (χ1n) is 7.01. The van der Waals surface area contributed by atoms with Crippen LogP contribution in [0.25, 0.3) is 10.2 Å². The summed E-state index contributed by atoms with van der Waals surface area (Å²) < 4.78 is 6.94. The van der Waals surface area contributed by atoms with Gasteiger partial charge >= 0.3 is 0 Å². The minimum absolute atomic E-state index is 0.511. The summed E-state index contributed by atoms with van der Waals surface area (Å²) in [6.45, 7) is 10.3. The Balaban J connectivity index is 2.00. The average molecular weight is 293 g/mol. The van der Waals surface area contributed by atoms with Gasteiger partial charge in [-0.3, -0.25) is 4.90 Å². The number of hydrogen-bond acceptors (Lipinski definition) is 5. The molecular formula is C15H23N3OS. The Bertz CT molecular complexity index is 557. The molecule has 4 nitrogen and oxygen atoms in total. The Morgan fingerprint density at radius 3 is 2.60 bits per heavy atom. The van der Waals surface area contributed by atoms with Crippen LogP contribution >= 0.6 is 11.3 Å². The van der Waals surface area contributed by atoms with Crippen LogP contribution in [-0.2, 0) is 0 Å². The summed E-state index contributed by atoms with van der Waals surface area (Å²) in [5.74, 6) is 0.732. The number of aromatic nitrogens is 1. The number of hydrogen-bond donors (Lipinski definition) is 1. The molecule has 1 aromatic heterocycles. The highest BCUT2D eigenvalue weighted by Crippen LogP contribution is 2.31. The van der Waals surface area contributed by atoms with Crippen LogP contribution in [0.4, 0.5) is 5.69 Å². The lowest BCUT2D eigenvalue weighted by atomic mass is 10.2. The summed E-state index contributed by atoms with van der Waals surface area (Å²) in [6, 6.07) is 4.97. The molecule has 2 aromatic rings. The van der Waals surface area contributed by atoms with E-state index in [2.05, 4.69) is 37.6 Å². The number of nitrogens with zero attached hydrogens (tertiary/aromatic N) is 2. The summed E-state index contributed by atoms with van der Waals surface area (Å²) in [7, 11) is 0. The molecule has 110 valence electrons. The van der Waals surface area contributed by atoms with E-state index in [4.69, 9.17) is 10.5 Å². The average Bonchev–Trinajstić information content (AvgIpc) is 2.85. The first-order valence-corrected chi connectivity index (χ1v) is 7.89. The second-order valence-corrected chi connectivity index (χ2v) is 6.34. The van der Waals surface area contributed by atoms with Gasteiger partial charge in [-0.25, -0.2) is 4.98 Å². The number of nitrogen functional groups attached to an aromatic ring is 1. The molecule has 0 saturated carbocycles. The van der Waals surface area contributed by atoms with Gasteiger partial charge in [-0.15, -0.1) is 11.3 Å². The Morgan fingerprint density at radius 1 is 1.25 bits per heavy atom. The lowest BCUT2D eigenvalue weighted by Crippen LogP contribution is -2.39. The van der Waals surface area contributed by atoms with E-state index in [1.54, 1.807) is 11.3 Å². The molecule has 0 aliphatic heterocycles. The van der Waals surface area contributed by atoms with E-state index < -0.39 is 0 Å². The van der Waals surface area contributed by atoms with Gasteiger partial charge < -0.3 is 10.5 Å². The van der Waals surface area contributed by atoms with E-state index in [1.165, 1.54) is 0 Å². The molecule has 1 heterocycles. The number of benzene rings is 1. The highest BCUT2D eigenvalue weighted by Gasteiger charge is 2.14. The first kappa shape index (κ1) is 15.1. The molecule has 2 rings (SSSR count). The number of rotatable bonds is 6. The fourth-order valence-corrected chi connectivity index (χ4v) is 3.13. The smallest absolute Gasteiger partial charge is 0.144 e. The van der Waals surface area contributed by atoms with E-state index in [9.17, 15) is 0 Å². The third kappa shape index (κ3) is 3.22. The van der Waals surface area contributed by atoms with Crippen molar-refractivity contribution < 1.29 is 4.74 Å². The molecule has 0 saturated heterocycles. The van der Waals surface area contributed by atoms with Crippen molar-refractivity contribution in [2.24, 2.45) is 0 Å². The van der Waals surface area contributed by atoms with Gasteiger partial charge in [0.2, 0.25) is 0 Å². The molecular weight excluding hydrogens is 270 g/mol. The van der Waals surface area contributed by atoms with Crippen LogP contribution in [-0.4, -0.2) is 35.1 Å². The van der Waals surface area contributed by atoms with Crippen LogP contribution in [0.15, 0.2) is 17.6 Å². The fraction of sp³-hybridized carbons (Fsp3) is 0.533. The fourth-order valence-electron chi connectivity index (χ4n) is 2.43. The van der Waals surface area contributed by atoms with Crippen molar-refractivity contribution in [3.63, 3.8) is 0 Å². The quantitative estimate of drug-likeness (QED) is 0.830. The van der Waals surface area contributed by atoms with Crippen molar-refractivity contribution in [2.75, 3.05) is 18.9 Å². The van der Waals surface area contributed by atoms with Crippen LogP contribution in [0.1, 0.15) is 27.7 Å². The number of ether oxygens (including phenoxy) is 1. The van der Waals surface area contributed by atoms with Crippen molar-refractivity contribution in [1.82, 2.24) is 9.88 Å². The molecule has 0 aliphatic carbocycles. The van der Waals surface area contributed by atoms with Crippen molar-refractivity contribution in [3.05, 3.63) is 17.6 Å². The molecule has 5 heteroatoms. The normalized spacial score (nSPS) is 11.9. The second-order valence-electron chi connectivity index (χ2n) is 5.45. The van der Waals surface area contributed by atoms with Gasteiger partial charge in [0.25, 0.3) is 0 Å². The van der Waals surface area contributed by atoms with Gasteiger partial charge in [-0.1, -0.05) is 0 Å². The van der Waals surface area contributed by atoms with E-state index in [0.717, 1.165) is 22.5 Å². The van der Waals surface area contributed by atoms with Crippen LogP contribution in [0, 0.1) is 0 Å². The molecule has 0 amide bonds. The predicted octanol–water partition coefficient (Wildman–Crippen LogP) is 3.38. The first-order chi connectivity index (χ1) is 9.50. The molecule has 0 atom stereocenters. The highest BCUT2D eigenvalue weighted by molar-refractivity contribution is 7.16. The van der Waals surface area contributed by atoms with Crippen molar-refractivity contribution in [1.29, 1.82) is 0 Å². The van der Waals surface area contributed by atoms with Gasteiger partial charge in [0.05, 0.1) is 10.2 Å². The van der Waals surface area contributed by atoms with E-state index in [1.807, 2.05) is 17.6 Å². The SMILES string of the molecule is CC(C)N(CCOc1ccc2scnc2c1N)C(C)C. The molecule has 20 heavy (non-hydrogen) atoms. The Morgan fingerprint density at radius 2 is 1.95 bits per heavy atom. The van der Waals surface area contributed by atoms with Gasteiger partial charge in [-0.2, -0.15) is 0 Å². The van der Waals surface area contributed by atoms with Gasteiger partial charge in [0, 0.05) is 18.6 Å². The molecule has 0 aliphatic rings. The van der Waals surface area contributed by atoms with Gasteiger partial charge in [-0.05, 0) is 39.8 Å². The lowest BCUT2D eigenvalue weighted by Gasteiger charge is -2.30. The second kappa shape index (κ2) is 6.41. The zero-order valence-corrected chi connectivity index (χ0v) is 13.4. The Kier molecular flexibility index (Phi) is 4.83. The standard InChI is InChI=1S/C15H23N3OS/c1-10(2)18(11(3)4)7-8-19-12-5-6-13-15(14(12)16)17-9-20-13/h5-6,9-11H,7-8,16H2,1-4H3. The van der Waals surface area contributed by atoms with Crippen LogP contribution < -0.4 is 10.5 Å². The summed E-state index contributed by atoms with van der Waals surface area (Å²) in [6.07, 6.45) is 0. The van der Waals surface area contributed by atoms with Gasteiger partial charge in [0.15, 0.2) is 0 Å². The topological polar surface area (TPSA) is 51.4 Å². The van der Waals surface area contributed by atoms with Crippen molar-refractivity contribution in [3.8, 4) is 5.75 Å². The summed E-state index contributed by atoms with van der Waals surface area (Å²) in [5.41, 5.74) is 9.40. The minimum Gasteiger partial charge on any atom is -0.490 e. The summed E-state index contributed by atoms with van der Waals surface area (Å²) in [5, 5.41) is 0. The molecule has 0 fully saturated rings. The Labute approximate surface area is 124 Å². The molecule has 0 radical (unpaired) electrons. The van der Waals surface area contributed by atoms with E-state index in [-0.39, 0.29) is 0 Å². The summed E-state index contributed by atoms with van der Waals surface area (Å²) >= 11 is 1.59.